The van der Waals surface area contributed by atoms with E-state index in [-0.39, 0.29) is 11.7 Å². The standard InChI is InChI=1S/C18H15FN2O2S/c1-11-3-8-16(23-2)14(9-11)15-10-24-18(20-15)21-17(22)12-4-6-13(19)7-5-12/h3-10H,1-2H3,(H,20,21,22). The normalized spacial score (nSPS) is 10.5. The van der Waals surface area contributed by atoms with Crippen molar-refractivity contribution in [2.75, 3.05) is 12.4 Å². The van der Waals surface area contributed by atoms with Crippen molar-refractivity contribution < 1.29 is 13.9 Å². The summed E-state index contributed by atoms with van der Waals surface area (Å²) < 4.78 is 18.3. The summed E-state index contributed by atoms with van der Waals surface area (Å²) in [6.07, 6.45) is 0. The highest BCUT2D eigenvalue weighted by atomic mass is 32.1. The zero-order valence-electron chi connectivity index (χ0n) is 13.2. The van der Waals surface area contributed by atoms with Crippen LogP contribution in [0.2, 0.25) is 0 Å². The molecule has 0 fully saturated rings. The van der Waals surface area contributed by atoms with E-state index in [2.05, 4.69) is 10.3 Å². The van der Waals surface area contributed by atoms with Crippen molar-refractivity contribution in [3.8, 4) is 17.0 Å². The minimum atomic E-state index is -0.380. The maximum absolute atomic E-state index is 12.9. The highest BCUT2D eigenvalue weighted by Gasteiger charge is 2.13. The molecular formula is C18H15FN2O2S. The average Bonchev–Trinajstić information content (AvgIpc) is 3.03. The highest BCUT2D eigenvalue weighted by molar-refractivity contribution is 7.14. The lowest BCUT2D eigenvalue weighted by Gasteiger charge is -2.07. The first-order valence-corrected chi connectivity index (χ1v) is 8.12. The quantitative estimate of drug-likeness (QED) is 0.758. The molecule has 0 saturated carbocycles. The first-order valence-electron chi connectivity index (χ1n) is 7.24. The van der Waals surface area contributed by atoms with Gasteiger partial charge >= 0.3 is 0 Å². The summed E-state index contributed by atoms with van der Waals surface area (Å²) in [6, 6.07) is 11.2. The number of carbonyl (C=O) groups excluding carboxylic acids is 1. The molecule has 1 heterocycles. The predicted octanol–water partition coefficient (Wildman–Crippen LogP) is 4.52. The first-order chi connectivity index (χ1) is 11.6. The van der Waals surface area contributed by atoms with Crippen LogP contribution in [0.15, 0.2) is 47.8 Å². The molecule has 0 aliphatic heterocycles. The smallest absolute Gasteiger partial charge is 0.257 e. The fraction of sp³-hybridized carbons (Fsp3) is 0.111. The third-order valence-corrected chi connectivity index (χ3v) is 4.22. The molecule has 0 aliphatic rings. The fourth-order valence-electron chi connectivity index (χ4n) is 2.25. The van der Waals surface area contributed by atoms with Crippen molar-refractivity contribution in [2.24, 2.45) is 0 Å². The fourth-order valence-corrected chi connectivity index (χ4v) is 2.95. The molecule has 0 atom stereocenters. The van der Waals surface area contributed by atoms with E-state index in [1.54, 1.807) is 7.11 Å². The molecule has 0 unspecified atom stereocenters. The number of nitrogens with one attached hydrogen (secondary N) is 1. The van der Waals surface area contributed by atoms with Gasteiger partial charge in [0, 0.05) is 16.5 Å². The Hall–Kier alpha value is -2.73. The molecule has 0 radical (unpaired) electrons. The van der Waals surface area contributed by atoms with Gasteiger partial charge in [0.05, 0.1) is 12.8 Å². The summed E-state index contributed by atoms with van der Waals surface area (Å²) in [5, 5.41) is 5.06. The molecular weight excluding hydrogens is 327 g/mol. The zero-order valence-corrected chi connectivity index (χ0v) is 14.0. The Kier molecular flexibility index (Phi) is 4.57. The van der Waals surface area contributed by atoms with Gasteiger partial charge < -0.3 is 4.74 Å². The van der Waals surface area contributed by atoms with Crippen LogP contribution >= 0.6 is 11.3 Å². The summed E-state index contributed by atoms with van der Waals surface area (Å²) in [6.45, 7) is 1.99. The molecule has 1 aromatic heterocycles. The molecule has 4 nitrogen and oxygen atoms in total. The minimum absolute atomic E-state index is 0.327. The summed E-state index contributed by atoms with van der Waals surface area (Å²) in [5.74, 6) is 0.0176. The van der Waals surface area contributed by atoms with Gasteiger partial charge in [-0.1, -0.05) is 11.6 Å². The van der Waals surface area contributed by atoms with Gasteiger partial charge in [-0.05, 0) is 43.3 Å². The summed E-state index contributed by atoms with van der Waals surface area (Å²) in [5.41, 5.74) is 3.07. The van der Waals surface area contributed by atoms with Crippen molar-refractivity contribution >= 4 is 22.4 Å². The van der Waals surface area contributed by atoms with Gasteiger partial charge in [0.2, 0.25) is 0 Å². The molecule has 1 N–H and O–H groups in total. The lowest BCUT2D eigenvalue weighted by Crippen LogP contribution is -2.11. The van der Waals surface area contributed by atoms with Gasteiger partial charge in [0.25, 0.3) is 5.91 Å². The van der Waals surface area contributed by atoms with E-state index >= 15 is 0 Å². The number of methoxy groups -OCH3 is 1. The van der Waals surface area contributed by atoms with Crippen LogP contribution in [-0.4, -0.2) is 18.0 Å². The van der Waals surface area contributed by atoms with Crippen LogP contribution < -0.4 is 10.1 Å². The van der Waals surface area contributed by atoms with Gasteiger partial charge in [0.15, 0.2) is 5.13 Å². The predicted molar refractivity (Wildman–Crippen MR) is 93.2 cm³/mol. The number of aromatic nitrogens is 1. The number of carbonyl (C=O) groups is 1. The van der Waals surface area contributed by atoms with Crippen LogP contribution in [0.25, 0.3) is 11.3 Å². The van der Waals surface area contributed by atoms with E-state index in [0.717, 1.165) is 22.6 Å². The molecule has 0 bridgehead atoms. The van der Waals surface area contributed by atoms with Crippen LogP contribution in [0.5, 0.6) is 5.75 Å². The Bertz CT molecular complexity index is 875. The Morgan fingerprint density at radius 1 is 1.21 bits per heavy atom. The second-order valence-corrected chi connectivity index (χ2v) is 6.06. The Morgan fingerprint density at radius 2 is 1.96 bits per heavy atom. The molecule has 122 valence electrons. The van der Waals surface area contributed by atoms with Gasteiger partial charge in [0.1, 0.15) is 11.6 Å². The number of benzene rings is 2. The monoisotopic (exact) mass is 342 g/mol. The summed E-state index contributed by atoms with van der Waals surface area (Å²) in [4.78, 5) is 16.6. The molecule has 1 amide bonds. The second kappa shape index (κ2) is 6.80. The zero-order chi connectivity index (χ0) is 17.1. The largest absolute Gasteiger partial charge is 0.496 e. The Labute approximate surface area is 142 Å². The van der Waals surface area contributed by atoms with Crippen LogP contribution in [-0.2, 0) is 0 Å². The van der Waals surface area contributed by atoms with E-state index in [0.29, 0.717) is 10.7 Å². The van der Waals surface area contributed by atoms with Crippen LogP contribution in [0.1, 0.15) is 15.9 Å². The number of anilines is 1. The van der Waals surface area contributed by atoms with Gasteiger partial charge in [-0.3, -0.25) is 10.1 Å². The molecule has 3 aromatic rings. The van der Waals surface area contributed by atoms with Crippen molar-refractivity contribution in [1.82, 2.24) is 4.98 Å². The van der Waals surface area contributed by atoms with E-state index < -0.39 is 0 Å². The lowest BCUT2D eigenvalue weighted by atomic mass is 10.1. The summed E-state index contributed by atoms with van der Waals surface area (Å²) in [7, 11) is 1.61. The number of thiazole rings is 1. The average molecular weight is 342 g/mol. The lowest BCUT2D eigenvalue weighted by molar-refractivity contribution is 0.102. The van der Waals surface area contributed by atoms with Gasteiger partial charge in [-0.15, -0.1) is 11.3 Å². The van der Waals surface area contributed by atoms with E-state index in [9.17, 15) is 9.18 Å². The number of rotatable bonds is 4. The highest BCUT2D eigenvalue weighted by Crippen LogP contribution is 2.33. The maximum Gasteiger partial charge on any atom is 0.257 e. The van der Waals surface area contributed by atoms with Crippen molar-refractivity contribution in [1.29, 1.82) is 0 Å². The SMILES string of the molecule is COc1ccc(C)cc1-c1csc(NC(=O)c2ccc(F)cc2)n1. The van der Waals surface area contributed by atoms with Crippen molar-refractivity contribution in [3.05, 3.63) is 64.8 Å². The topological polar surface area (TPSA) is 51.2 Å². The maximum atomic E-state index is 12.9. The number of aryl methyl sites for hydroxylation is 1. The van der Waals surface area contributed by atoms with Crippen LogP contribution in [0.3, 0.4) is 0 Å². The van der Waals surface area contributed by atoms with E-state index in [4.69, 9.17) is 4.74 Å². The number of amides is 1. The van der Waals surface area contributed by atoms with Gasteiger partial charge in [-0.25, -0.2) is 9.37 Å². The van der Waals surface area contributed by atoms with Gasteiger partial charge in [-0.2, -0.15) is 0 Å². The molecule has 3 rings (SSSR count). The number of halogens is 1. The van der Waals surface area contributed by atoms with Crippen LogP contribution in [0, 0.1) is 12.7 Å². The van der Waals surface area contributed by atoms with Crippen molar-refractivity contribution in [3.63, 3.8) is 0 Å². The van der Waals surface area contributed by atoms with E-state index in [1.807, 2.05) is 30.5 Å². The first kappa shape index (κ1) is 16.1. The number of nitrogens with zero attached hydrogens (tertiary/aromatic N) is 1. The minimum Gasteiger partial charge on any atom is -0.496 e. The molecule has 6 heteroatoms. The third kappa shape index (κ3) is 3.44. The Balaban J connectivity index is 1.82. The third-order valence-electron chi connectivity index (χ3n) is 3.46. The molecule has 0 aliphatic carbocycles. The molecule has 0 saturated heterocycles. The van der Waals surface area contributed by atoms with Crippen LogP contribution in [0.4, 0.5) is 9.52 Å². The Morgan fingerprint density at radius 3 is 2.67 bits per heavy atom. The second-order valence-electron chi connectivity index (χ2n) is 5.20. The van der Waals surface area contributed by atoms with E-state index in [1.165, 1.54) is 35.6 Å². The molecule has 0 spiro atoms. The van der Waals surface area contributed by atoms with Crippen molar-refractivity contribution in [2.45, 2.75) is 6.92 Å². The molecule has 24 heavy (non-hydrogen) atoms. The molecule has 2 aromatic carbocycles. The number of ether oxygens (including phenoxy) is 1. The summed E-state index contributed by atoms with van der Waals surface area (Å²) >= 11 is 1.32. The number of hydrogen-bond acceptors (Lipinski definition) is 4. The number of hydrogen-bond donors (Lipinski definition) is 1.